The molecule has 0 bridgehead atoms. The molecular weight excluding hydrogens is 759 g/mol. The molecule has 0 aliphatic rings. The molecular formula is C55H35N7. The van der Waals surface area contributed by atoms with Gasteiger partial charge in [0, 0.05) is 33.4 Å². The molecule has 0 N–H and O–H groups in total. The lowest BCUT2D eigenvalue weighted by Gasteiger charge is -2.15. The SMILES string of the molecule is N#Cc1cccc(-c2cccc(-c3cccc(-c4nc(-c5ccccc5)nc(-c5ccccc5-c5ccccc5-c5nc(-c6ccccc6)nc(-c6ccccc6)n5)n4)c3)c2)c1. The second-order valence-corrected chi connectivity index (χ2v) is 14.7. The number of nitrogens with zero attached hydrogens (tertiary/aromatic N) is 7. The highest BCUT2D eigenvalue weighted by molar-refractivity contribution is 5.90. The summed E-state index contributed by atoms with van der Waals surface area (Å²) in [6, 6.07) is 72.9. The molecule has 0 atom stereocenters. The Morgan fingerprint density at radius 3 is 0.952 bits per heavy atom. The first kappa shape index (κ1) is 37.5. The van der Waals surface area contributed by atoms with Gasteiger partial charge in [-0.25, -0.2) is 29.9 Å². The van der Waals surface area contributed by atoms with Gasteiger partial charge in [0.1, 0.15) is 0 Å². The van der Waals surface area contributed by atoms with E-state index in [2.05, 4.69) is 60.7 Å². The molecule has 0 radical (unpaired) electrons. The van der Waals surface area contributed by atoms with Gasteiger partial charge < -0.3 is 0 Å². The molecule has 10 rings (SSSR count). The standard InChI is InChI=1S/C55H35N7/c56-36-37-17-14-24-41(33-37)42-25-15-26-43(34-42)44-27-16-28-45(35-44)53-58-52(40-22-8-3-9-23-40)61-55(62-53)49-32-13-11-30-47(49)46-29-10-12-31-48(46)54-59-50(38-18-4-1-5-19-38)57-51(60-54)39-20-6-2-7-21-39/h1-35H. The van der Waals surface area contributed by atoms with Crippen LogP contribution in [0, 0.1) is 11.3 Å². The zero-order chi connectivity index (χ0) is 41.7. The first-order chi connectivity index (χ1) is 30.7. The van der Waals surface area contributed by atoms with E-state index in [0.29, 0.717) is 40.5 Å². The predicted octanol–water partition coefficient (Wildman–Crippen LogP) is 12.9. The van der Waals surface area contributed by atoms with Gasteiger partial charge in [0.15, 0.2) is 34.9 Å². The minimum atomic E-state index is 0.537. The van der Waals surface area contributed by atoms with Crippen LogP contribution >= 0.6 is 0 Å². The summed E-state index contributed by atoms with van der Waals surface area (Å²) in [6.45, 7) is 0. The maximum Gasteiger partial charge on any atom is 0.164 e. The Balaban J connectivity index is 1.10. The van der Waals surface area contributed by atoms with Crippen molar-refractivity contribution in [1.82, 2.24) is 29.9 Å². The smallest absolute Gasteiger partial charge is 0.164 e. The van der Waals surface area contributed by atoms with E-state index in [1.54, 1.807) is 0 Å². The predicted molar refractivity (Wildman–Crippen MR) is 247 cm³/mol. The van der Waals surface area contributed by atoms with Crippen molar-refractivity contribution in [2.45, 2.75) is 0 Å². The topological polar surface area (TPSA) is 101 Å². The van der Waals surface area contributed by atoms with Crippen LogP contribution in [0.25, 0.3) is 102 Å². The third kappa shape index (κ3) is 7.75. The van der Waals surface area contributed by atoms with Crippen LogP contribution in [0.1, 0.15) is 5.56 Å². The minimum absolute atomic E-state index is 0.537. The molecule has 7 nitrogen and oxygen atoms in total. The van der Waals surface area contributed by atoms with Crippen molar-refractivity contribution in [3.8, 4) is 108 Å². The molecule has 0 aliphatic heterocycles. The Morgan fingerprint density at radius 1 is 0.242 bits per heavy atom. The van der Waals surface area contributed by atoms with Crippen LogP contribution in [0.3, 0.4) is 0 Å². The van der Waals surface area contributed by atoms with Crippen molar-refractivity contribution in [3.63, 3.8) is 0 Å². The molecule has 0 spiro atoms. The van der Waals surface area contributed by atoms with E-state index in [1.165, 1.54) is 0 Å². The Morgan fingerprint density at radius 2 is 0.532 bits per heavy atom. The summed E-state index contributed by atoms with van der Waals surface area (Å²) in [7, 11) is 0. The second kappa shape index (κ2) is 16.9. The van der Waals surface area contributed by atoms with Crippen molar-refractivity contribution in [3.05, 3.63) is 218 Å². The highest BCUT2D eigenvalue weighted by Gasteiger charge is 2.20. The maximum absolute atomic E-state index is 9.51. The fourth-order valence-corrected chi connectivity index (χ4v) is 7.58. The van der Waals surface area contributed by atoms with Gasteiger partial charge in [-0.1, -0.05) is 188 Å². The Bertz CT molecular complexity index is 3200. The van der Waals surface area contributed by atoms with Gasteiger partial charge >= 0.3 is 0 Å². The lowest BCUT2D eigenvalue weighted by atomic mass is 9.94. The fraction of sp³-hybridized carbons (Fsp3) is 0. The van der Waals surface area contributed by atoms with E-state index in [9.17, 15) is 5.26 Å². The summed E-state index contributed by atoms with van der Waals surface area (Å²) in [5.74, 6) is 3.39. The first-order valence-corrected chi connectivity index (χ1v) is 20.3. The van der Waals surface area contributed by atoms with Gasteiger partial charge in [-0.2, -0.15) is 5.26 Å². The van der Waals surface area contributed by atoms with E-state index >= 15 is 0 Å². The van der Waals surface area contributed by atoms with Gasteiger partial charge in [-0.05, 0) is 57.6 Å². The second-order valence-electron chi connectivity index (χ2n) is 14.7. The Kier molecular flexibility index (Phi) is 10.2. The molecule has 0 saturated heterocycles. The van der Waals surface area contributed by atoms with Crippen molar-refractivity contribution in [1.29, 1.82) is 5.26 Å². The zero-order valence-corrected chi connectivity index (χ0v) is 33.3. The largest absolute Gasteiger partial charge is 0.208 e. The Labute approximate surface area is 359 Å². The molecule has 0 aliphatic carbocycles. The minimum Gasteiger partial charge on any atom is -0.208 e. The molecule has 2 aromatic heterocycles. The molecule has 10 aromatic rings. The monoisotopic (exact) mass is 793 g/mol. The number of hydrogen-bond acceptors (Lipinski definition) is 7. The summed E-state index contributed by atoms with van der Waals surface area (Å²) in [5.41, 5.74) is 11.8. The van der Waals surface area contributed by atoms with Gasteiger partial charge in [0.2, 0.25) is 0 Å². The molecule has 290 valence electrons. The number of nitriles is 1. The lowest BCUT2D eigenvalue weighted by Crippen LogP contribution is -2.02. The molecule has 7 heteroatoms. The summed E-state index contributed by atoms with van der Waals surface area (Å²) < 4.78 is 0. The number of benzene rings is 8. The van der Waals surface area contributed by atoms with Crippen molar-refractivity contribution in [2.75, 3.05) is 0 Å². The van der Waals surface area contributed by atoms with E-state index < -0.39 is 0 Å². The molecule has 62 heavy (non-hydrogen) atoms. The van der Waals surface area contributed by atoms with E-state index in [4.69, 9.17) is 29.9 Å². The first-order valence-electron chi connectivity index (χ1n) is 20.3. The molecule has 8 aromatic carbocycles. The summed E-state index contributed by atoms with van der Waals surface area (Å²) in [4.78, 5) is 30.6. The molecule has 0 unspecified atom stereocenters. The average Bonchev–Trinajstić information content (AvgIpc) is 3.37. The van der Waals surface area contributed by atoms with Crippen LogP contribution in [0.15, 0.2) is 212 Å². The van der Waals surface area contributed by atoms with Crippen LogP contribution in [0.2, 0.25) is 0 Å². The van der Waals surface area contributed by atoms with Gasteiger partial charge in [-0.3, -0.25) is 0 Å². The molecule has 0 amide bonds. The fourth-order valence-electron chi connectivity index (χ4n) is 7.58. The third-order valence-corrected chi connectivity index (χ3v) is 10.6. The molecule has 0 fully saturated rings. The van der Waals surface area contributed by atoms with Crippen molar-refractivity contribution >= 4 is 0 Å². The van der Waals surface area contributed by atoms with E-state index in [0.717, 1.165) is 66.8 Å². The summed E-state index contributed by atoms with van der Waals surface area (Å²) >= 11 is 0. The van der Waals surface area contributed by atoms with Gasteiger partial charge in [0.25, 0.3) is 0 Å². The quantitative estimate of drug-likeness (QED) is 0.143. The Hall–Kier alpha value is -8.73. The normalized spacial score (nSPS) is 10.9. The highest BCUT2D eigenvalue weighted by atomic mass is 15.0. The van der Waals surface area contributed by atoms with Crippen LogP contribution in [-0.4, -0.2) is 29.9 Å². The maximum atomic E-state index is 9.51. The van der Waals surface area contributed by atoms with Crippen molar-refractivity contribution < 1.29 is 0 Å². The lowest BCUT2D eigenvalue weighted by molar-refractivity contribution is 1.07. The summed E-state index contributed by atoms with van der Waals surface area (Å²) in [5, 5.41) is 9.51. The number of rotatable bonds is 9. The third-order valence-electron chi connectivity index (χ3n) is 10.6. The number of hydrogen-bond donors (Lipinski definition) is 0. The highest BCUT2D eigenvalue weighted by Crippen LogP contribution is 2.38. The molecule has 0 saturated carbocycles. The zero-order valence-electron chi connectivity index (χ0n) is 33.3. The van der Waals surface area contributed by atoms with Gasteiger partial charge in [0.05, 0.1) is 11.6 Å². The van der Waals surface area contributed by atoms with Crippen molar-refractivity contribution in [2.24, 2.45) is 0 Å². The summed E-state index contributed by atoms with van der Waals surface area (Å²) in [6.07, 6.45) is 0. The number of aromatic nitrogens is 6. The van der Waals surface area contributed by atoms with E-state index in [-0.39, 0.29) is 0 Å². The molecule has 2 heterocycles. The average molecular weight is 794 g/mol. The van der Waals surface area contributed by atoms with Gasteiger partial charge in [-0.15, -0.1) is 0 Å². The van der Waals surface area contributed by atoms with E-state index in [1.807, 2.05) is 158 Å². The van der Waals surface area contributed by atoms with Crippen LogP contribution in [-0.2, 0) is 0 Å². The van der Waals surface area contributed by atoms with Crippen LogP contribution in [0.5, 0.6) is 0 Å². The van der Waals surface area contributed by atoms with Crippen LogP contribution < -0.4 is 0 Å². The van der Waals surface area contributed by atoms with Crippen LogP contribution in [0.4, 0.5) is 0 Å².